The highest BCUT2D eigenvalue weighted by atomic mass is 32.2. The van der Waals surface area contributed by atoms with Gasteiger partial charge in [0.1, 0.15) is 6.33 Å². The van der Waals surface area contributed by atoms with Crippen LogP contribution in [0.2, 0.25) is 0 Å². The molecule has 1 saturated heterocycles. The summed E-state index contributed by atoms with van der Waals surface area (Å²) < 4.78 is 12.8. The Labute approximate surface area is 272 Å². The van der Waals surface area contributed by atoms with Crippen LogP contribution in [0.4, 0.5) is 11.4 Å². The monoisotopic (exact) mass is 644 g/mol. The molecule has 2 heterocycles. The normalized spacial score (nSPS) is 17.8. The molecule has 1 aromatic heterocycles. The number of amides is 2. The Morgan fingerprint density at radius 3 is 2.35 bits per heavy atom. The molecule has 1 aliphatic heterocycles. The van der Waals surface area contributed by atoms with Gasteiger partial charge in [-0.25, -0.2) is 4.98 Å². The minimum atomic E-state index is -0.563. The van der Waals surface area contributed by atoms with Crippen molar-refractivity contribution in [3.8, 4) is 0 Å². The van der Waals surface area contributed by atoms with Gasteiger partial charge in [0, 0.05) is 37.1 Å². The molecule has 4 aromatic rings. The van der Waals surface area contributed by atoms with E-state index in [2.05, 4.69) is 25.8 Å². The summed E-state index contributed by atoms with van der Waals surface area (Å²) in [6, 6.07) is 22.9. The highest BCUT2D eigenvalue weighted by molar-refractivity contribution is 7.99. The van der Waals surface area contributed by atoms with Crippen LogP contribution in [-0.2, 0) is 32.2 Å². The fourth-order valence-electron chi connectivity index (χ4n) is 5.11. The number of nitrogen functional groups attached to an aromatic ring is 1. The standard InChI is InChI=1S/C34H40N6O5S/c35-28-6-4-5-7-29(28)39-32(43)9-3-1-2-8-31(42)36-19-23-10-16-26(17-11-23)33-44-27(21-46-34-37-22-38-40-34)18-30(45-33)25-14-12-24(20-41)13-15-25/h4-7,10-17,22,27,30,33,41H,1-3,8-9,18-21,35H2,(H,36,42)(H,39,43)(H,37,38,40)/t27-,30+,33+/m0/s1. The molecule has 1 fully saturated rings. The van der Waals surface area contributed by atoms with E-state index in [9.17, 15) is 14.7 Å². The number of hydrogen-bond acceptors (Lipinski definition) is 9. The number of aromatic nitrogens is 3. The summed E-state index contributed by atoms with van der Waals surface area (Å²) in [7, 11) is 0. The number of rotatable bonds is 15. The SMILES string of the molecule is Nc1ccccc1NC(=O)CCCCCC(=O)NCc1ccc([C@@H]2O[C@H](CSc3ncn[nH]3)C[C@H](c3ccc(CO)cc3)O2)cc1. The van der Waals surface area contributed by atoms with E-state index in [0.29, 0.717) is 55.8 Å². The van der Waals surface area contributed by atoms with Crippen LogP contribution in [0.5, 0.6) is 0 Å². The van der Waals surface area contributed by atoms with Gasteiger partial charge in [-0.2, -0.15) is 5.10 Å². The van der Waals surface area contributed by atoms with Gasteiger partial charge in [0.2, 0.25) is 11.8 Å². The maximum Gasteiger partial charge on any atom is 0.224 e. The number of anilines is 2. The molecule has 12 heteroatoms. The van der Waals surface area contributed by atoms with Crippen LogP contribution in [0.1, 0.15) is 73.2 Å². The van der Waals surface area contributed by atoms with Gasteiger partial charge in [0.05, 0.1) is 30.2 Å². The highest BCUT2D eigenvalue weighted by Gasteiger charge is 2.32. The van der Waals surface area contributed by atoms with E-state index in [1.165, 1.54) is 6.33 Å². The van der Waals surface area contributed by atoms with Gasteiger partial charge in [-0.15, -0.1) is 0 Å². The molecule has 0 aliphatic carbocycles. The zero-order valence-corrected chi connectivity index (χ0v) is 26.4. The second-order valence-electron chi connectivity index (χ2n) is 11.2. The number of aliphatic hydroxyl groups is 1. The molecule has 6 N–H and O–H groups in total. The van der Waals surface area contributed by atoms with Gasteiger partial charge in [0.15, 0.2) is 11.4 Å². The van der Waals surface area contributed by atoms with Crippen LogP contribution < -0.4 is 16.4 Å². The van der Waals surface area contributed by atoms with Gasteiger partial charge < -0.3 is 30.9 Å². The molecule has 0 unspecified atom stereocenters. The molecule has 46 heavy (non-hydrogen) atoms. The minimum absolute atomic E-state index is 0.00695. The largest absolute Gasteiger partial charge is 0.397 e. The molecule has 2 amide bonds. The third-order valence-electron chi connectivity index (χ3n) is 7.70. The number of carbonyl (C=O) groups is 2. The molecule has 5 rings (SSSR count). The fraction of sp³-hybridized carbons (Fsp3) is 0.353. The van der Waals surface area contributed by atoms with Crippen molar-refractivity contribution in [2.24, 2.45) is 0 Å². The number of aromatic amines is 1. The number of H-pyrrole nitrogens is 1. The van der Waals surface area contributed by atoms with E-state index in [4.69, 9.17) is 15.2 Å². The molecule has 242 valence electrons. The van der Waals surface area contributed by atoms with Crippen LogP contribution in [0.3, 0.4) is 0 Å². The number of hydrogen-bond donors (Lipinski definition) is 5. The molecule has 3 aromatic carbocycles. The summed E-state index contributed by atoms with van der Waals surface area (Å²) in [5.74, 6) is 0.579. The van der Waals surface area contributed by atoms with Crippen LogP contribution in [0, 0.1) is 0 Å². The third kappa shape index (κ3) is 9.88. The van der Waals surface area contributed by atoms with Crippen molar-refractivity contribution in [1.82, 2.24) is 20.5 Å². The summed E-state index contributed by atoms with van der Waals surface area (Å²) >= 11 is 1.55. The minimum Gasteiger partial charge on any atom is -0.397 e. The average Bonchev–Trinajstić information content (AvgIpc) is 3.61. The summed E-state index contributed by atoms with van der Waals surface area (Å²) in [6.45, 7) is 0.412. The molecule has 0 spiro atoms. The zero-order valence-electron chi connectivity index (χ0n) is 25.6. The van der Waals surface area contributed by atoms with Crippen LogP contribution in [-0.4, -0.2) is 44.0 Å². The maximum atomic E-state index is 12.4. The van der Waals surface area contributed by atoms with E-state index in [-0.39, 0.29) is 30.6 Å². The van der Waals surface area contributed by atoms with E-state index in [0.717, 1.165) is 33.8 Å². The van der Waals surface area contributed by atoms with Crippen molar-refractivity contribution in [3.05, 3.63) is 101 Å². The average molecular weight is 645 g/mol. The number of aliphatic hydroxyl groups excluding tert-OH is 1. The lowest BCUT2D eigenvalue weighted by Gasteiger charge is -2.36. The Morgan fingerprint density at radius 1 is 0.913 bits per heavy atom. The Morgan fingerprint density at radius 2 is 1.63 bits per heavy atom. The molecular formula is C34H40N6O5S. The number of carbonyl (C=O) groups excluding carboxylic acids is 2. The number of para-hydroxylation sites is 2. The highest BCUT2D eigenvalue weighted by Crippen LogP contribution is 2.39. The smallest absolute Gasteiger partial charge is 0.224 e. The molecule has 3 atom stereocenters. The predicted octanol–water partition coefficient (Wildman–Crippen LogP) is 5.42. The lowest BCUT2D eigenvalue weighted by molar-refractivity contribution is -0.245. The van der Waals surface area contributed by atoms with Crippen LogP contribution >= 0.6 is 11.8 Å². The first-order valence-corrected chi connectivity index (χ1v) is 16.4. The Hall–Kier alpha value is -4.23. The Balaban J connectivity index is 1.07. The number of nitrogens with one attached hydrogen (secondary N) is 3. The topological polar surface area (TPSA) is 164 Å². The maximum absolute atomic E-state index is 12.4. The second kappa shape index (κ2) is 16.9. The van der Waals surface area contributed by atoms with Crippen molar-refractivity contribution < 1.29 is 24.2 Å². The van der Waals surface area contributed by atoms with Crippen molar-refractivity contribution >= 4 is 35.0 Å². The van der Waals surface area contributed by atoms with Gasteiger partial charge in [-0.05, 0) is 41.7 Å². The molecule has 1 aliphatic rings. The zero-order chi connectivity index (χ0) is 32.1. The number of nitrogens with zero attached hydrogens (tertiary/aromatic N) is 2. The quantitative estimate of drug-likeness (QED) is 0.0645. The number of nitrogens with two attached hydrogens (primary N) is 1. The number of thioether (sulfide) groups is 1. The first-order chi connectivity index (χ1) is 22.5. The molecule has 0 saturated carbocycles. The fourth-order valence-corrected chi connectivity index (χ4v) is 5.91. The van der Waals surface area contributed by atoms with Crippen LogP contribution in [0.15, 0.2) is 84.3 Å². The third-order valence-corrected chi connectivity index (χ3v) is 8.71. The van der Waals surface area contributed by atoms with Gasteiger partial charge >= 0.3 is 0 Å². The molecule has 11 nitrogen and oxygen atoms in total. The first-order valence-electron chi connectivity index (χ1n) is 15.5. The lowest BCUT2D eigenvalue weighted by Crippen LogP contribution is -2.31. The van der Waals surface area contributed by atoms with Crippen molar-refractivity contribution in [1.29, 1.82) is 0 Å². The summed E-state index contributed by atoms with van der Waals surface area (Å²) in [5, 5.41) is 22.8. The Bertz CT molecular complexity index is 1530. The van der Waals surface area contributed by atoms with E-state index >= 15 is 0 Å². The van der Waals surface area contributed by atoms with Crippen molar-refractivity contribution in [2.45, 2.75) is 75.3 Å². The van der Waals surface area contributed by atoms with E-state index < -0.39 is 6.29 Å². The van der Waals surface area contributed by atoms with Gasteiger partial charge in [-0.3, -0.25) is 14.7 Å². The summed E-state index contributed by atoms with van der Waals surface area (Å²) in [5.41, 5.74) is 10.8. The molecule has 0 bridgehead atoms. The number of unbranched alkanes of at least 4 members (excludes halogenated alkanes) is 2. The first kappa shape index (κ1) is 33.1. The second-order valence-corrected chi connectivity index (χ2v) is 12.2. The van der Waals surface area contributed by atoms with Crippen molar-refractivity contribution in [2.75, 3.05) is 16.8 Å². The molecule has 0 radical (unpaired) electrons. The van der Waals surface area contributed by atoms with E-state index in [1.807, 2.05) is 60.7 Å². The molecular weight excluding hydrogens is 604 g/mol. The number of ether oxygens (including phenoxy) is 2. The summed E-state index contributed by atoms with van der Waals surface area (Å²) in [6.07, 6.45) is 4.32. The van der Waals surface area contributed by atoms with Crippen LogP contribution in [0.25, 0.3) is 0 Å². The van der Waals surface area contributed by atoms with E-state index in [1.54, 1.807) is 23.9 Å². The summed E-state index contributed by atoms with van der Waals surface area (Å²) in [4.78, 5) is 28.8. The van der Waals surface area contributed by atoms with Gasteiger partial charge in [-0.1, -0.05) is 78.8 Å². The van der Waals surface area contributed by atoms with Crippen molar-refractivity contribution in [3.63, 3.8) is 0 Å². The lowest BCUT2D eigenvalue weighted by atomic mass is 10.0. The number of benzene rings is 3. The van der Waals surface area contributed by atoms with Gasteiger partial charge in [0.25, 0.3) is 0 Å². The predicted molar refractivity (Wildman–Crippen MR) is 176 cm³/mol. The Kier molecular flexibility index (Phi) is 12.2.